The van der Waals surface area contributed by atoms with Crippen LogP contribution in [0.15, 0.2) is 18.2 Å². The van der Waals surface area contributed by atoms with Crippen molar-refractivity contribution in [3.8, 4) is 0 Å². The Morgan fingerprint density at radius 2 is 2.07 bits per heavy atom. The second kappa shape index (κ2) is 8.21. The van der Waals surface area contributed by atoms with Gasteiger partial charge in [-0.25, -0.2) is 4.79 Å². The van der Waals surface area contributed by atoms with E-state index in [2.05, 4.69) is 5.32 Å². The fourth-order valence-electron chi connectivity index (χ4n) is 4.02. The number of urea groups is 1. The van der Waals surface area contributed by atoms with E-state index in [9.17, 15) is 29.3 Å². The Balaban J connectivity index is 1.60. The number of esters is 1. The number of benzene rings is 1. The monoisotopic (exact) mass is 417 g/mol. The normalized spacial score (nSPS) is 23.4. The van der Waals surface area contributed by atoms with Crippen LogP contribution in [0.3, 0.4) is 0 Å². The van der Waals surface area contributed by atoms with Gasteiger partial charge in [-0.1, -0.05) is 31.9 Å². The van der Waals surface area contributed by atoms with Gasteiger partial charge in [0.05, 0.1) is 4.92 Å². The van der Waals surface area contributed by atoms with E-state index in [1.807, 2.05) is 6.92 Å². The molecule has 1 spiro atoms. The maximum absolute atomic E-state index is 12.8. The first-order chi connectivity index (χ1) is 14.2. The van der Waals surface area contributed by atoms with Gasteiger partial charge < -0.3 is 10.1 Å². The van der Waals surface area contributed by atoms with Crippen molar-refractivity contribution in [2.45, 2.75) is 45.1 Å². The molecule has 2 aliphatic rings. The zero-order valence-electron chi connectivity index (χ0n) is 16.8. The zero-order chi connectivity index (χ0) is 22.1. The molecular formula is C20H23N3O7. The molecule has 3 rings (SSSR count). The number of Topliss-reactive ketones (excluding diaryl/α,β-unsaturated/α-hetero) is 1. The summed E-state index contributed by atoms with van der Waals surface area (Å²) in [6.45, 7) is 2.20. The van der Waals surface area contributed by atoms with Crippen molar-refractivity contribution in [2.24, 2.45) is 5.92 Å². The first-order valence-corrected chi connectivity index (χ1v) is 9.73. The number of ether oxygens (including phenoxy) is 1. The van der Waals surface area contributed by atoms with Crippen LogP contribution in [0.2, 0.25) is 0 Å². The molecule has 10 heteroatoms. The summed E-state index contributed by atoms with van der Waals surface area (Å²) in [5.41, 5.74) is -0.756. The molecule has 1 saturated carbocycles. The molecule has 1 aliphatic carbocycles. The highest BCUT2D eigenvalue weighted by atomic mass is 16.6. The predicted octanol–water partition coefficient (Wildman–Crippen LogP) is 2.13. The van der Waals surface area contributed by atoms with Crippen LogP contribution in [-0.4, -0.2) is 52.2 Å². The highest BCUT2D eigenvalue weighted by Crippen LogP contribution is 2.38. The van der Waals surface area contributed by atoms with E-state index in [4.69, 9.17) is 4.74 Å². The lowest BCUT2D eigenvalue weighted by atomic mass is 9.73. The van der Waals surface area contributed by atoms with E-state index in [0.717, 1.165) is 30.2 Å². The smallest absolute Gasteiger partial charge is 0.326 e. The summed E-state index contributed by atoms with van der Waals surface area (Å²) in [6, 6.07) is 3.32. The third-order valence-electron chi connectivity index (χ3n) is 5.88. The van der Waals surface area contributed by atoms with Gasteiger partial charge in [-0.3, -0.25) is 29.4 Å². The number of nitro benzene ring substituents is 1. The Hall–Kier alpha value is -3.30. The summed E-state index contributed by atoms with van der Waals surface area (Å²) in [5, 5.41) is 13.7. The Morgan fingerprint density at radius 1 is 1.33 bits per heavy atom. The second-order valence-corrected chi connectivity index (χ2v) is 7.78. The number of hydrogen-bond donors (Lipinski definition) is 1. The zero-order valence-corrected chi connectivity index (χ0v) is 16.8. The summed E-state index contributed by atoms with van der Waals surface area (Å²) < 4.78 is 4.92. The molecule has 0 unspecified atom stereocenters. The topological polar surface area (TPSA) is 136 Å². The number of hydrogen-bond acceptors (Lipinski definition) is 7. The minimum absolute atomic E-state index is 0.0325. The van der Waals surface area contributed by atoms with Gasteiger partial charge in [0.2, 0.25) is 5.78 Å². The molecule has 10 nitrogen and oxygen atoms in total. The van der Waals surface area contributed by atoms with Crippen molar-refractivity contribution in [1.29, 1.82) is 0 Å². The SMILES string of the molecule is Cc1ccc(C(=O)COC(=O)CN2C(=O)N[C@]3(CCCC[C@H]3C)C2=O)cc1[N+](=O)[O-]. The number of imide groups is 1. The lowest BCUT2D eigenvalue weighted by molar-refractivity contribution is -0.385. The van der Waals surface area contributed by atoms with Gasteiger partial charge in [0, 0.05) is 17.2 Å². The predicted molar refractivity (Wildman–Crippen MR) is 104 cm³/mol. The van der Waals surface area contributed by atoms with Crippen LogP contribution in [-0.2, 0) is 14.3 Å². The summed E-state index contributed by atoms with van der Waals surface area (Å²) in [5.74, 6) is -2.02. The first kappa shape index (κ1) is 21.4. The Morgan fingerprint density at radius 3 is 2.73 bits per heavy atom. The van der Waals surface area contributed by atoms with Gasteiger partial charge in [0.15, 0.2) is 6.61 Å². The van der Waals surface area contributed by atoms with Crippen molar-refractivity contribution in [3.63, 3.8) is 0 Å². The van der Waals surface area contributed by atoms with Gasteiger partial charge in [-0.05, 0) is 25.7 Å². The molecule has 1 aromatic carbocycles. The number of nitrogens with zero attached hydrogens (tertiary/aromatic N) is 2. The summed E-state index contributed by atoms with van der Waals surface area (Å²) in [7, 11) is 0. The fraction of sp³-hybridized carbons (Fsp3) is 0.500. The summed E-state index contributed by atoms with van der Waals surface area (Å²) in [6.07, 6.45) is 3.12. The molecule has 1 heterocycles. The van der Waals surface area contributed by atoms with Gasteiger partial charge in [0.1, 0.15) is 12.1 Å². The average Bonchev–Trinajstić information content (AvgIpc) is 2.93. The van der Waals surface area contributed by atoms with Crippen molar-refractivity contribution in [2.75, 3.05) is 13.2 Å². The highest BCUT2D eigenvalue weighted by Gasteiger charge is 2.55. The number of ketones is 1. The minimum Gasteiger partial charge on any atom is -0.456 e. The largest absolute Gasteiger partial charge is 0.456 e. The molecule has 1 aromatic rings. The summed E-state index contributed by atoms with van der Waals surface area (Å²) >= 11 is 0. The number of aryl methyl sites for hydroxylation is 1. The van der Waals surface area contributed by atoms with Gasteiger partial charge in [0.25, 0.3) is 11.6 Å². The van der Waals surface area contributed by atoms with E-state index in [-0.39, 0.29) is 17.2 Å². The molecule has 2 atom stereocenters. The minimum atomic E-state index is -0.980. The molecule has 0 bridgehead atoms. The lowest BCUT2D eigenvalue weighted by Crippen LogP contribution is -2.54. The third kappa shape index (κ3) is 3.89. The van der Waals surface area contributed by atoms with Crippen molar-refractivity contribution >= 4 is 29.4 Å². The van der Waals surface area contributed by atoms with E-state index in [1.54, 1.807) is 6.92 Å². The fourth-order valence-corrected chi connectivity index (χ4v) is 4.02. The molecule has 1 aliphatic heterocycles. The molecule has 2 fully saturated rings. The molecule has 1 saturated heterocycles. The molecule has 1 N–H and O–H groups in total. The lowest BCUT2D eigenvalue weighted by Gasteiger charge is -2.36. The maximum atomic E-state index is 12.8. The number of amides is 3. The molecule has 3 amide bonds. The highest BCUT2D eigenvalue weighted by molar-refractivity contribution is 6.09. The third-order valence-corrected chi connectivity index (χ3v) is 5.88. The van der Waals surface area contributed by atoms with Crippen molar-refractivity contribution in [3.05, 3.63) is 39.4 Å². The number of nitro groups is 1. The number of rotatable bonds is 6. The van der Waals surface area contributed by atoms with Crippen LogP contribution in [0.25, 0.3) is 0 Å². The van der Waals surface area contributed by atoms with Crippen LogP contribution < -0.4 is 5.32 Å². The Bertz CT molecular complexity index is 929. The van der Waals surface area contributed by atoms with Crippen LogP contribution in [0.5, 0.6) is 0 Å². The number of carbonyl (C=O) groups is 4. The quantitative estimate of drug-likeness (QED) is 0.246. The van der Waals surface area contributed by atoms with Crippen LogP contribution >= 0.6 is 0 Å². The first-order valence-electron chi connectivity index (χ1n) is 9.73. The van der Waals surface area contributed by atoms with Crippen molar-refractivity contribution < 1.29 is 28.8 Å². The summed E-state index contributed by atoms with van der Waals surface area (Å²) in [4.78, 5) is 60.7. The molecule has 160 valence electrons. The van der Waals surface area contributed by atoms with E-state index >= 15 is 0 Å². The van der Waals surface area contributed by atoms with Gasteiger partial charge >= 0.3 is 12.0 Å². The molecule has 30 heavy (non-hydrogen) atoms. The number of nitrogens with one attached hydrogen (secondary N) is 1. The average molecular weight is 417 g/mol. The van der Waals surface area contributed by atoms with Crippen LogP contribution in [0.1, 0.15) is 48.5 Å². The molecule has 0 aromatic heterocycles. The van der Waals surface area contributed by atoms with Crippen LogP contribution in [0, 0.1) is 23.0 Å². The van der Waals surface area contributed by atoms with Crippen molar-refractivity contribution in [1.82, 2.24) is 10.2 Å². The van der Waals surface area contributed by atoms with E-state index in [0.29, 0.717) is 12.0 Å². The van der Waals surface area contributed by atoms with Crippen LogP contribution in [0.4, 0.5) is 10.5 Å². The standard InChI is InChI=1S/C20H23N3O7/c1-12-6-7-14(9-15(12)23(28)29)16(24)11-30-17(25)10-22-18(26)20(21-19(22)27)8-4-3-5-13(20)2/h6-7,9,13H,3-5,8,10-11H2,1-2H3,(H,21,27)/t13-,20+/m1/s1. The second-order valence-electron chi connectivity index (χ2n) is 7.78. The molecular weight excluding hydrogens is 394 g/mol. The Kier molecular flexibility index (Phi) is 5.86. The van der Waals surface area contributed by atoms with Gasteiger partial charge in [-0.15, -0.1) is 0 Å². The van der Waals surface area contributed by atoms with E-state index < -0.39 is 47.3 Å². The number of carbonyl (C=O) groups excluding carboxylic acids is 4. The van der Waals surface area contributed by atoms with Gasteiger partial charge in [-0.2, -0.15) is 0 Å². The van der Waals surface area contributed by atoms with E-state index in [1.165, 1.54) is 12.1 Å². The maximum Gasteiger partial charge on any atom is 0.326 e. The molecule has 0 radical (unpaired) electrons. The Labute approximate surface area is 172 Å².